The van der Waals surface area contributed by atoms with Crippen molar-refractivity contribution < 1.29 is 9.53 Å². The lowest BCUT2D eigenvalue weighted by molar-refractivity contribution is 0.262. The zero-order valence-electron chi connectivity index (χ0n) is 13.0. The summed E-state index contributed by atoms with van der Waals surface area (Å²) >= 11 is 11.9. The summed E-state index contributed by atoms with van der Waals surface area (Å²) in [4.78, 5) is 12.1. The summed E-state index contributed by atoms with van der Waals surface area (Å²) in [7, 11) is 0. The molecule has 0 bridgehead atoms. The molecular weight excluding hydrogens is 359 g/mol. The Morgan fingerprint density at radius 1 is 0.800 bits per heavy atom. The molecule has 0 aliphatic carbocycles. The molecular formula is C19H14Cl2N2O2. The third-order valence-electron chi connectivity index (χ3n) is 3.27. The molecule has 126 valence electrons. The molecule has 3 rings (SSSR count). The lowest BCUT2D eigenvalue weighted by atomic mass is 10.3. The first kappa shape index (κ1) is 17.1. The standard InChI is InChI=1S/C19H14Cl2N2O2/c20-13-6-11-17(21)18(12-13)23-19(24)22-14-7-9-16(10-8-14)25-15-4-2-1-3-5-15/h1-12H,(H2,22,23,24). The van der Waals surface area contributed by atoms with Crippen molar-refractivity contribution in [1.29, 1.82) is 0 Å². The van der Waals surface area contributed by atoms with Crippen LogP contribution in [0.3, 0.4) is 0 Å². The first-order valence-corrected chi connectivity index (χ1v) is 8.22. The molecule has 0 aromatic heterocycles. The molecule has 0 saturated heterocycles. The number of nitrogens with one attached hydrogen (secondary N) is 2. The number of anilines is 2. The number of ether oxygens (including phenoxy) is 1. The highest BCUT2D eigenvalue weighted by atomic mass is 35.5. The molecule has 6 heteroatoms. The summed E-state index contributed by atoms with van der Waals surface area (Å²) < 4.78 is 5.70. The quantitative estimate of drug-likeness (QED) is 0.554. The van der Waals surface area contributed by atoms with Crippen LogP contribution in [0.25, 0.3) is 0 Å². The molecule has 4 nitrogen and oxygen atoms in total. The van der Waals surface area contributed by atoms with E-state index in [-0.39, 0.29) is 0 Å². The van der Waals surface area contributed by atoms with Gasteiger partial charge in [0.1, 0.15) is 11.5 Å². The number of benzene rings is 3. The first-order chi connectivity index (χ1) is 12.1. The fourth-order valence-corrected chi connectivity index (χ4v) is 2.45. The average Bonchev–Trinajstić information content (AvgIpc) is 2.61. The molecule has 0 unspecified atom stereocenters. The summed E-state index contributed by atoms with van der Waals surface area (Å²) in [5.74, 6) is 1.42. The van der Waals surface area contributed by atoms with Crippen molar-refractivity contribution in [2.45, 2.75) is 0 Å². The van der Waals surface area contributed by atoms with Crippen LogP contribution in [0, 0.1) is 0 Å². The minimum Gasteiger partial charge on any atom is -0.457 e. The molecule has 0 aliphatic rings. The van der Waals surface area contributed by atoms with Crippen LogP contribution < -0.4 is 15.4 Å². The summed E-state index contributed by atoms with van der Waals surface area (Å²) in [6, 6.07) is 20.9. The van der Waals surface area contributed by atoms with Gasteiger partial charge in [-0.3, -0.25) is 0 Å². The number of hydrogen-bond acceptors (Lipinski definition) is 2. The second-order valence-electron chi connectivity index (χ2n) is 5.14. The minimum atomic E-state index is -0.416. The summed E-state index contributed by atoms with van der Waals surface area (Å²) in [6.45, 7) is 0. The molecule has 0 aliphatic heterocycles. The highest BCUT2D eigenvalue weighted by molar-refractivity contribution is 6.35. The van der Waals surface area contributed by atoms with Crippen LogP contribution in [-0.2, 0) is 0 Å². The molecule has 0 spiro atoms. The van der Waals surface area contributed by atoms with Crippen molar-refractivity contribution in [3.05, 3.63) is 82.8 Å². The second kappa shape index (κ2) is 7.92. The molecule has 3 aromatic carbocycles. The van der Waals surface area contributed by atoms with Crippen molar-refractivity contribution in [1.82, 2.24) is 0 Å². The van der Waals surface area contributed by atoms with Crippen molar-refractivity contribution in [3.63, 3.8) is 0 Å². The maximum absolute atomic E-state index is 12.1. The van der Waals surface area contributed by atoms with Crippen molar-refractivity contribution in [2.24, 2.45) is 0 Å². The van der Waals surface area contributed by atoms with E-state index < -0.39 is 6.03 Å². The van der Waals surface area contributed by atoms with Crippen molar-refractivity contribution >= 4 is 40.6 Å². The first-order valence-electron chi connectivity index (χ1n) is 7.46. The van der Waals surface area contributed by atoms with Gasteiger partial charge in [0.15, 0.2) is 0 Å². The van der Waals surface area contributed by atoms with E-state index in [2.05, 4.69) is 10.6 Å². The van der Waals surface area contributed by atoms with E-state index in [0.29, 0.717) is 27.2 Å². The zero-order valence-corrected chi connectivity index (χ0v) is 14.5. The number of rotatable bonds is 4. The lowest BCUT2D eigenvalue weighted by Crippen LogP contribution is -2.19. The number of hydrogen-bond donors (Lipinski definition) is 2. The van der Waals surface area contributed by atoms with Crippen LogP contribution in [0.5, 0.6) is 11.5 Å². The van der Waals surface area contributed by atoms with E-state index in [1.807, 2.05) is 30.3 Å². The van der Waals surface area contributed by atoms with Gasteiger partial charge < -0.3 is 15.4 Å². The number of carbonyl (C=O) groups excluding carboxylic acids is 1. The van der Waals surface area contributed by atoms with Crippen LogP contribution >= 0.6 is 23.2 Å². The predicted octanol–water partition coefficient (Wildman–Crippen LogP) is 6.43. The number of para-hydroxylation sites is 1. The Hall–Kier alpha value is -2.69. The van der Waals surface area contributed by atoms with Gasteiger partial charge in [-0.1, -0.05) is 41.4 Å². The monoisotopic (exact) mass is 372 g/mol. The molecule has 0 fully saturated rings. The number of amides is 2. The summed E-state index contributed by atoms with van der Waals surface area (Å²) in [5.41, 5.74) is 1.06. The largest absolute Gasteiger partial charge is 0.457 e. The molecule has 0 heterocycles. The second-order valence-corrected chi connectivity index (χ2v) is 5.99. The summed E-state index contributed by atoms with van der Waals surface area (Å²) in [6.07, 6.45) is 0. The van der Waals surface area contributed by atoms with Gasteiger partial charge in [0.05, 0.1) is 10.7 Å². The van der Waals surface area contributed by atoms with E-state index in [1.165, 1.54) is 0 Å². The SMILES string of the molecule is O=C(Nc1ccc(Oc2ccccc2)cc1)Nc1cc(Cl)ccc1Cl. The maximum Gasteiger partial charge on any atom is 0.323 e. The molecule has 25 heavy (non-hydrogen) atoms. The van der Waals surface area contributed by atoms with Gasteiger partial charge in [0.2, 0.25) is 0 Å². The van der Waals surface area contributed by atoms with Gasteiger partial charge in [-0.25, -0.2) is 4.79 Å². The van der Waals surface area contributed by atoms with Gasteiger partial charge in [0.25, 0.3) is 0 Å². The Kier molecular flexibility index (Phi) is 5.43. The van der Waals surface area contributed by atoms with Gasteiger partial charge in [-0.05, 0) is 54.6 Å². The number of halogens is 2. The fourth-order valence-electron chi connectivity index (χ4n) is 2.11. The van der Waals surface area contributed by atoms with Crippen LogP contribution in [0.15, 0.2) is 72.8 Å². The molecule has 3 aromatic rings. The molecule has 0 atom stereocenters. The van der Waals surface area contributed by atoms with Crippen molar-refractivity contribution in [3.8, 4) is 11.5 Å². The van der Waals surface area contributed by atoms with Gasteiger partial charge >= 0.3 is 6.03 Å². The summed E-state index contributed by atoms with van der Waals surface area (Å²) in [5, 5.41) is 6.27. The highest BCUT2D eigenvalue weighted by Gasteiger charge is 2.07. The Bertz CT molecular complexity index is 868. The average molecular weight is 373 g/mol. The van der Waals surface area contributed by atoms with E-state index in [1.54, 1.807) is 42.5 Å². The van der Waals surface area contributed by atoms with Crippen LogP contribution in [-0.4, -0.2) is 6.03 Å². The maximum atomic E-state index is 12.1. The number of carbonyl (C=O) groups is 1. The van der Waals surface area contributed by atoms with Crippen molar-refractivity contribution in [2.75, 3.05) is 10.6 Å². The molecule has 0 saturated carbocycles. The van der Waals surface area contributed by atoms with Gasteiger partial charge in [-0.15, -0.1) is 0 Å². The normalized spacial score (nSPS) is 10.2. The molecule has 0 radical (unpaired) electrons. The lowest BCUT2D eigenvalue weighted by Gasteiger charge is -2.10. The minimum absolute atomic E-state index is 0.408. The molecule has 2 N–H and O–H groups in total. The Morgan fingerprint density at radius 3 is 2.20 bits per heavy atom. The zero-order chi connectivity index (χ0) is 17.6. The third-order valence-corrected chi connectivity index (χ3v) is 3.83. The van der Waals surface area contributed by atoms with Crippen LogP contribution in [0.1, 0.15) is 0 Å². The Balaban J connectivity index is 1.61. The van der Waals surface area contributed by atoms with E-state index in [9.17, 15) is 4.79 Å². The Labute approximate surface area is 155 Å². The van der Waals surface area contributed by atoms with E-state index in [4.69, 9.17) is 27.9 Å². The van der Waals surface area contributed by atoms with Gasteiger partial charge in [-0.2, -0.15) is 0 Å². The third kappa shape index (κ3) is 4.89. The predicted molar refractivity (Wildman–Crippen MR) is 102 cm³/mol. The molecule has 2 amide bonds. The fraction of sp³-hybridized carbons (Fsp3) is 0. The number of urea groups is 1. The smallest absolute Gasteiger partial charge is 0.323 e. The topological polar surface area (TPSA) is 50.4 Å². The van der Waals surface area contributed by atoms with Crippen LogP contribution in [0.2, 0.25) is 10.0 Å². The van der Waals surface area contributed by atoms with Gasteiger partial charge in [0, 0.05) is 10.7 Å². The van der Waals surface area contributed by atoms with Crippen LogP contribution in [0.4, 0.5) is 16.2 Å². The Morgan fingerprint density at radius 2 is 1.48 bits per heavy atom. The van der Waals surface area contributed by atoms with E-state index in [0.717, 1.165) is 5.75 Å². The highest BCUT2D eigenvalue weighted by Crippen LogP contribution is 2.26. The van der Waals surface area contributed by atoms with E-state index >= 15 is 0 Å².